The molecule has 2 atom stereocenters. The minimum atomic E-state index is -0.492. The van der Waals surface area contributed by atoms with Gasteiger partial charge in [0.1, 0.15) is 11.6 Å². The second-order valence-electron chi connectivity index (χ2n) is 7.48. The van der Waals surface area contributed by atoms with Gasteiger partial charge in [0.15, 0.2) is 0 Å². The number of halogens is 1. The van der Waals surface area contributed by atoms with Crippen molar-refractivity contribution in [1.82, 2.24) is 30.3 Å². The minimum absolute atomic E-state index is 0.153. The lowest BCUT2D eigenvalue weighted by atomic mass is 9.95. The summed E-state index contributed by atoms with van der Waals surface area (Å²) in [6.45, 7) is 3.93. The Bertz CT molecular complexity index is 1010. The number of nitrogens with one attached hydrogen (secondary N) is 2. The van der Waals surface area contributed by atoms with Crippen LogP contribution >= 0.6 is 0 Å². The molecule has 2 heterocycles. The van der Waals surface area contributed by atoms with Gasteiger partial charge < -0.3 is 10.6 Å². The third-order valence-corrected chi connectivity index (χ3v) is 5.30. The Morgan fingerprint density at radius 2 is 2.03 bits per heavy atom. The summed E-state index contributed by atoms with van der Waals surface area (Å²) >= 11 is 0. The van der Waals surface area contributed by atoms with Crippen molar-refractivity contribution in [1.29, 1.82) is 0 Å². The molecule has 1 aromatic carbocycles. The zero-order chi connectivity index (χ0) is 20.4. The maximum Gasteiger partial charge on any atom is 0.253 e. The van der Waals surface area contributed by atoms with Crippen LogP contribution in [-0.4, -0.2) is 42.4 Å². The first-order chi connectivity index (χ1) is 13.9. The average Bonchev–Trinajstić information content (AvgIpc) is 3.34. The Hall–Kier alpha value is -3.36. The number of anilines is 1. The third kappa shape index (κ3) is 3.94. The van der Waals surface area contributed by atoms with Gasteiger partial charge in [0.25, 0.3) is 5.91 Å². The summed E-state index contributed by atoms with van der Waals surface area (Å²) in [5, 5.41) is 14.6. The van der Waals surface area contributed by atoms with E-state index in [0.29, 0.717) is 11.5 Å². The van der Waals surface area contributed by atoms with Crippen LogP contribution in [0.15, 0.2) is 43.0 Å². The topological polar surface area (TPSA) is 97.6 Å². The van der Waals surface area contributed by atoms with Gasteiger partial charge in [0, 0.05) is 0 Å². The van der Waals surface area contributed by atoms with Gasteiger partial charge in [-0.2, -0.15) is 15.0 Å². The highest BCUT2D eigenvalue weighted by Gasteiger charge is 2.40. The summed E-state index contributed by atoms with van der Waals surface area (Å²) in [5.74, 6) is -0.202. The molecule has 150 valence electrons. The number of hydrogen-bond acceptors (Lipinski definition) is 6. The molecule has 1 aliphatic rings. The molecule has 1 amide bonds. The van der Waals surface area contributed by atoms with Crippen LogP contribution in [-0.2, 0) is 0 Å². The number of rotatable bonds is 5. The number of amides is 1. The molecule has 0 unspecified atom stereocenters. The Labute approximate surface area is 167 Å². The zero-order valence-corrected chi connectivity index (χ0v) is 16.3. The van der Waals surface area contributed by atoms with Crippen molar-refractivity contribution < 1.29 is 9.18 Å². The summed E-state index contributed by atoms with van der Waals surface area (Å²) in [6.07, 6.45) is 9.02. The third-order valence-electron chi connectivity index (χ3n) is 5.30. The van der Waals surface area contributed by atoms with Crippen molar-refractivity contribution in [3.8, 4) is 5.69 Å². The first kappa shape index (κ1) is 19.0. The largest absolute Gasteiger partial charge is 0.362 e. The fourth-order valence-corrected chi connectivity index (χ4v) is 3.74. The van der Waals surface area contributed by atoms with Gasteiger partial charge in [0.2, 0.25) is 0 Å². The van der Waals surface area contributed by atoms with E-state index in [9.17, 15) is 9.18 Å². The summed E-state index contributed by atoms with van der Waals surface area (Å²) in [6, 6.07) is 3.84. The molecule has 2 aromatic heterocycles. The maximum absolute atomic E-state index is 13.9. The van der Waals surface area contributed by atoms with Crippen molar-refractivity contribution in [2.45, 2.75) is 44.7 Å². The quantitative estimate of drug-likeness (QED) is 0.689. The molecule has 0 bridgehead atoms. The smallest absolute Gasteiger partial charge is 0.253 e. The van der Waals surface area contributed by atoms with Gasteiger partial charge in [-0.05, 0) is 51.3 Å². The Morgan fingerprint density at radius 3 is 2.76 bits per heavy atom. The Balaban J connectivity index is 1.56. The van der Waals surface area contributed by atoms with Gasteiger partial charge in [-0.3, -0.25) is 9.78 Å². The number of carbonyl (C=O) groups excluding carboxylic acids is 1. The number of aromatic nitrogens is 5. The lowest BCUT2D eigenvalue weighted by molar-refractivity contribution is 0.0926. The molecule has 3 aromatic rings. The molecule has 1 aliphatic carbocycles. The maximum atomic E-state index is 13.9. The molecule has 9 heteroatoms. The van der Waals surface area contributed by atoms with Gasteiger partial charge in [-0.15, -0.1) is 0 Å². The van der Waals surface area contributed by atoms with E-state index in [1.807, 2.05) is 13.8 Å². The number of hydrogen-bond donors (Lipinski definition) is 2. The molecule has 1 saturated carbocycles. The minimum Gasteiger partial charge on any atom is -0.362 e. The predicted octanol–water partition coefficient (Wildman–Crippen LogP) is 2.66. The number of nitrogens with zero attached hydrogens (tertiary/aromatic N) is 5. The van der Waals surface area contributed by atoms with E-state index < -0.39 is 11.4 Å². The molecule has 0 spiro atoms. The first-order valence-corrected chi connectivity index (χ1v) is 9.48. The van der Waals surface area contributed by atoms with Crippen LogP contribution in [0.1, 0.15) is 42.2 Å². The van der Waals surface area contributed by atoms with Gasteiger partial charge >= 0.3 is 0 Å². The second kappa shape index (κ2) is 7.57. The number of carbonyl (C=O) groups is 1. The van der Waals surface area contributed by atoms with Crippen molar-refractivity contribution in [2.75, 3.05) is 5.32 Å². The van der Waals surface area contributed by atoms with Gasteiger partial charge in [-0.25, -0.2) is 9.37 Å². The zero-order valence-electron chi connectivity index (χ0n) is 16.3. The highest BCUT2D eigenvalue weighted by molar-refractivity contribution is 5.98. The lowest BCUT2D eigenvalue weighted by Crippen LogP contribution is -2.52. The lowest BCUT2D eigenvalue weighted by Gasteiger charge is -2.33. The predicted molar refractivity (Wildman–Crippen MR) is 105 cm³/mol. The van der Waals surface area contributed by atoms with E-state index in [1.54, 1.807) is 12.4 Å². The van der Waals surface area contributed by atoms with Crippen molar-refractivity contribution in [2.24, 2.45) is 0 Å². The molecule has 0 radical (unpaired) electrons. The van der Waals surface area contributed by atoms with Crippen LogP contribution in [0.2, 0.25) is 0 Å². The number of aryl methyl sites for hydroxylation is 1. The van der Waals surface area contributed by atoms with E-state index in [0.717, 1.165) is 25.0 Å². The first-order valence-electron chi connectivity index (χ1n) is 9.48. The van der Waals surface area contributed by atoms with E-state index in [1.165, 1.54) is 35.4 Å². The van der Waals surface area contributed by atoms with Crippen LogP contribution in [0.25, 0.3) is 5.69 Å². The molecule has 2 N–H and O–H groups in total. The summed E-state index contributed by atoms with van der Waals surface area (Å²) < 4.78 is 13.9. The Morgan fingerprint density at radius 1 is 1.24 bits per heavy atom. The second-order valence-corrected chi connectivity index (χ2v) is 7.48. The van der Waals surface area contributed by atoms with Crippen molar-refractivity contribution in [3.05, 3.63) is 60.1 Å². The molecule has 0 aliphatic heterocycles. The Kier molecular flexibility index (Phi) is 4.96. The fourth-order valence-electron chi connectivity index (χ4n) is 3.74. The van der Waals surface area contributed by atoms with Gasteiger partial charge in [-0.1, -0.05) is 0 Å². The molecule has 8 nitrogen and oxygen atoms in total. The normalized spacial score (nSPS) is 21.1. The molecular formula is C20H22FN7O. The van der Waals surface area contributed by atoms with E-state index in [4.69, 9.17) is 0 Å². The van der Waals surface area contributed by atoms with Crippen LogP contribution in [0, 0.1) is 12.7 Å². The monoisotopic (exact) mass is 395 g/mol. The van der Waals surface area contributed by atoms with Crippen molar-refractivity contribution in [3.63, 3.8) is 0 Å². The summed E-state index contributed by atoms with van der Waals surface area (Å²) in [4.78, 5) is 23.0. The SMILES string of the molecule is Cc1cnc(N[C@@]2(C)CCC[C@@H]2NC(=O)c2cc(F)ccc2-n2nccn2)cn1. The average molecular weight is 395 g/mol. The highest BCUT2D eigenvalue weighted by Crippen LogP contribution is 2.33. The van der Waals surface area contributed by atoms with E-state index >= 15 is 0 Å². The molecule has 29 heavy (non-hydrogen) atoms. The van der Waals surface area contributed by atoms with Crippen LogP contribution in [0.4, 0.5) is 10.2 Å². The van der Waals surface area contributed by atoms with Crippen LogP contribution in [0.5, 0.6) is 0 Å². The molecule has 4 rings (SSSR count). The summed E-state index contributed by atoms with van der Waals surface area (Å²) in [5.41, 5.74) is 1.05. The fraction of sp³-hybridized carbons (Fsp3) is 0.350. The molecule has 1 fully saturated rings. The van der Waals surface area contributed by atoms with Crippen molar-refractivity contribution >= 4 is 11.7 Å². The van der Waals surface area contributed by atoms with Crippen LogP contribution < -0.4 is 10.6 Å². The van der Waals surface area contributed by atoms with E-state index in [-0.39, 0.29) is 17.5 Å². The summed E-state index contributed by atoms with van der Waals surface area (Å²) in [7, 11) is 0. The highest BCUT2D eigenvalue weighted by atomic mass is 19.1. The van der Waals surface area contributed by atoms with Crippen LogP contribution in [0.3, 0.4) is 0 Å². The molecule has 0 saturated heterocycles. The molecular weight excluding hydrogens is 373 g/mol. The van der Waals surface area contributed by atoms with Gasteiger partial charge in [0.05, 0.1) is 53.3 Å². The standard InChI is InChI=1S/C20H22FN7O/c1-13-11-23-18(12-22-13)27-20(2)7-3-4-17(20)26-19(29)15-10-14(21)5-6-16(15)28-24-8-9-25-28/h5-6,8-12,17H,3-4,7H2,1-2H3,(H,23,27)(H,26,29)/t17-,20-/m0/s1. The number of benzene rings is 1. The van der Waals surface area contributed by atoms with E-state index in [2.05, 4.69) is 30.8 Å².